The summed E-state index contributed by atoms with van der Waals surface area (Å²) in [6.07, 6.45) is 165. The van der Waals surface area contributed by atoms with E-state index >= 15 is 0 Å². The van der Waals surface area contributed by atoms with Gasteiger partial charge in [-0.05, 0) is 257 Å². The molecule has 0 rings (SSSR count). The van der Waals surface area contributed by atoms with Crippen LogP contribution in [0.3, 0.4) is 0 Å². The number of carbonyl (C=O) groups is 6. The Morgan fingerprint density at radius 3 is 0.625 bits per heavy atom. The minimum Gasteiger partial charge on any atom is -0.481 e. The Morgan fingerprint density at radius 1 is 0.199 bits per heavy atom. The summed E-state index contributed by atoms with van der Waals surface area (Å²) in [7, 11) is 0. The maximum Gasteiger partial charge on any atom is 0.303 e. The normalized spacial score (nSPS) is 12.8. The summed E-state index contributed by atoms with van der Waals surface area (Å²) in [6, 6.07) is 0. The molecule has 0 aliphatic heterocycles. The van der Waals surface area contributed by atoms with E-state index in [-0.39, 0.29) is 31.8 Å². The lowest BCUT2D eigenvalue weighted by molar-refractivity contribution is -0.267. The summed E-state index contributed by atoms with van der Waals surface area (Å²) < 4.78 is 0. The first-order valence-corrected chi connectivity index (χ1v) is 52.1. The molecule has 7 N–H and O–H groups in total. The summed E-state index contributed by atoms with van der Waals surface area (Å²) in [5, 5.41) is 59.8. The second-order valence-corrected chi connectivity index (χ2v) is 32.5. The SMILES string of the molecule is C/C=C\C/C=C\C/C=C\C/C=C\C/C=C\C/C=C\CCC(=O)O.CC/C=C\C/C=C\C/C=C\C/C=C\C/C=C\CCCC(=O)O.CC/C=C\C/C=C\C/C=C\CCCCCCCC(=O)O.CCCCC/C=C\C/C=C\C/C=C\C/C=C\CCCC(=O)O.CCCCC/C=C\C/C=C\C/C=C\C/C=C\CCCCCCC(=O)O.CCCCCC(/C=C/C=C\C/C=C\C/C=C\CCCC(=O)O)OO. The molecular weight excluding hydrogens is 1690 g/mol. The highest BCUT2D eigenvalue weighted by molar-refractivity contribution is 5.68. The van der Waals surface area contributed by atoms with E-state index in [2.05, 4.69) is 313 Å². The van der Waals surface area contributed by atoms with Gasteiger partial charge in [0.05, 0.1) is 0 Å². The third kappa shape index (κ3) is 155. The van der Waals surface area contributed by atoms with Gasteiger partial charge < -0.3 is 30.6 Å². The zero-order valence-corrected chi connectivity index (χ0v) is 85.9. The molecule has 0 saturated heterocycles. The van der Waals surface area contributed by atoms with Crippen molar-refractivity contribution in [2.45, 2.75) is 414 Å². The molecule has 1 unspecified atom stereocenters. The summed E-state index contributed by atoms with van der Waals surface area (Å²) in [5.41, 5.74) is 0. The average Bonchev–Trinajstić information content (AvgIpc) is 1.01. The lowest BCUT2D eigenvalue weighted by atomic mass is 10.1. The number of unbranched alkanes of at least 4 members (excludes halogenated alkanes) is 20. The van der Waals surface area contributed by atoms with Crippen molar-refractivity contribution in [3.63, 3.8) is 0 Å². The van der Waals surface area contributed by atoms with Gasteiger partial charge in [-0.15, -0.1) is 0 Å². The van der Waals surface area contributed by atoms with Crippen LogP contribution in [-0.2, 0) is 33.7 Å². The van der Waals surface area contributed by atoms with Gasteiger partial charge in [-0.1, -0.05) is 428 Å². The molecule has 14 heteroatoms. The summed E-state index contributed by atoms with van der Waals surface area (Å²) in [5.74, 6) is -4.26. The van der Waals surface area contributed by atoms with Gasteiger partial charge in [0.2, 0.25) is 0 Å². The van der Waals surface area contributed by atoms with Gasteiger partial charge >= 0.3 is 35.8 Å². The maximum atomic E-state index is 10.4. The molecule has 0 bridgehead atoms. The van der Waals surface area contributed by atoms with Crippen LogP contribution < -0.4 is 0 Å². The molecule has 136 heavy (non-hydrogen) atoms. The van der Waals surface area contributed by atoms with Crippen molar-refractivity contribution in [1.82, 2.24) is 0 Å². The fraction of sp³-hybridized carbons (Fsp3) is 0.525. The Bertz CT molecular complexity index is 3490. The molecule has 0 aromatic heterocycles. The number of rotatable bonds is 85. The predicted molar refractivity (Wildman–Crippen MR) is 588 cm³/mol. The smallest absolute Gasteiger partial charge is 0.303 e. The van der Waals surface area contributed by atoms with Crippen molar-refractivity contribution in [3.8, 4) is 0 Å². The fourth-order valence-corrected chi connectivity index (χ4v) is 11.8. The average molecular weight is 1880 g/mol. The van der Waals surface area contributed by atoms with E-state index in [0.29, 0.717) is 25.7 Å². The summed E-state index contributed by atoms with van der Waals surface area (Å²) in [4.78, 5) is 66.4. The van der Waals surface area contributed by atoms with Gasteiger partial charge in [0.1, 0.15) is 6.10 Å². The van der Waals surface area contributed by atoms with Gasteiger partial charge in [0.15, 0.2) is 0 Å². The number of allylic oxidation sites excluding steroid dienone is 51. The second kappa shape index (κ2) is 131. The molecule has 0 amide bonds. The van der Waals surface area contributed by atoms with E-state index in [1.165, 1.54) is 64.2 Å². The molecule has 0 saturated carbocycles. The quantitative estimate of drug-likeness (QED) is 0.00983. The van der Waals surface area contributed by atoms with E-state index in [1.807, 2.05) is 49.5 Å². The van der Waals surface area contributed by atoms with Gasteiger partial charge in [0, 0.05) is 38.5 Å². The van der Waals surface area contributed by atoms with Crippen molar-refractivity contribution >= 4 is 35.8 Å². The number of hydrogen-bond donors (Lipinski definition) is 7. The Balaban J connectivity index is -0.000000373. The van der Waals surface area contributed by atoms with E-state index in [0.717, 1.165) is 250 Å². The van der Waals surface area contributed by atoms with Crippen LogP contribution in [0.1, 0.15) is 408 Å². The van der Waals surface area contributed by atoms with Crippen LogP contribution in [-0.4, -0.2) is 77.8 Å². The van der Waals surface area contributed by atoms with Crippen molar-refractivity contribution in [2.75, 3.05) is 0 Å². The minimum atomic E-state index is -0.742. The minimum absolute atomic E-state index is 0.210. The molecule has 14 nitrogen and oxygen atoms in total. The monoisotopic (exact) mass is 1880 g/mol. The Morgan fingerprint density at radius 2 is 0.390 bits per heavy atom. The maximum absolute atomic E-state index is 10.4. The Labute approximate surface area is 830 Å². The van der Waals surface area contributed by atoms with Crippen LogP contribution in [0.4, 0.5) is 0 Å². The van der Waals surface area contributed by atoms with Gasteiger partial charge in [-0.3, -0.25) is 34.0 Å². The third-order valence-corrected chi connectivity index (χ3v) is 19.5. The number of aliphatic carboxylic acids is 6. The molecule has 0 heterocycles. The van der Waals surface area contributed by atoms with Gasteiger partial charge in [-0.2, -0.15) is 0 Å². The molecule has 764 valence electrons. The van der Waals surface area contributed by atoms with E-state index in [1.54, 1.807) is 0 Å². The van der Waals surface area contributed by atoms with Crippen molar-refractivity contribution in [3.05, 3.63) is 316 Å². The number of carboxylic acids is 6. The largest absolute Gasteiger partial charge is 0.481 e. The molecule has 0 aliphatic rings. The first kappa shape index (κ1) is 137. The number of carboxylic acid groups (broad SMARTS) is 6. The molecule has 0 spiro atoms. The van der Waals surface area contributed by atoms with E-state index in [9.17, 15) is 28.8 Å². The molecular formula is C122H192O14. The van der Waals surface area contributed by atoms with Crippen molar-refractivity contribution in [1.29, 1.82) is 0 Å². The van der Waals surface area contributed by atoms with E-state index < -0.39 is 35.8 Å². The van der Waals surface area contributed by atoms with Gasteiger partial charge in [0.25, 0.3) is 0 Å². The van der Waals surface area contributed by atoms with Crippen LogP contribution in [0.15, 0.2) is 316 Å². The molecule has 1 atom stereocenters. The van der Waals surface area contributed by atoms with Crippen LogP contribution in [0.25, 0.3) is 0 Å². The molecule has 0 aliphatic carbocycles. The zero-order valence-electron chi connectivity index (χ0n) is 85.9. The fourth-order valence-electron chi connectivity index (χ4n) is 11.8. The highest BCUT2D eigenvalue weighted by Crippen LogP contribution is 2.13. The third-order valence-electron chi connectivity index (χ3n) is 19.5. The first-order valence-electron chi connectivity index (χ1n) is 52.1. The van der Waals surface area contributed by atoms with Crippen LogP contribution in [0, 0.1) is 0 Å². The standard InChI is InChI=1S/C23H38O2.C21H30O2.C20H32O4.C20H32O2.C20H30O2.C18H30O2/c1-2-3-4-5-6-7-8-9-10-11-12-13-14-15-16-17-18-19-20-21-22-23(24)25;1-2-3-4-5-6-7-8-9-10-11-12-13-14-15-16-17-18-19-20-21(22)23;1-2-3-13-16-19(24-23)17-14-11-9-7-5-4-6-8-10-12-15-18-20(21)22;2*1-2-3-4-5-6-7-8-9-10-11-12-13-14-15-16-17-18-19-20(21)22;1-2-3-4-5-6-7-8-9-10-11-12-13-14-15-16-17-18(19)20/h6-7,9-10,12-13,15-16H,2-5,8,11,14,17-22H2,1H3,(H,24,25);2-3,5-6,8-9,11-12,14-15,17-18H,4,7,10,13,16,19-20H2,1H3,(H,22,23);4-5,8-11,14,17,19,23H,2-3,6-7,12-13,15-16,18H2,1H3,(H,21,22);6-7,9-10,12-13,15-16H,2-5,8,11,14,17-19H2,1H3,(H,21,22);3-4,6-7,9-10,12-13,15-16H,2,5,8,11,14,17-19H2,1H3,(H,21,22);3-4,6-7,9-10H,2,5,8,11-17H2,1H3,(H,19,20)/b7-6-,10-9-,13-12-,16-15-;3-2-,6-5-,9-8-,12-11-,15-14-,18-17-;5-4-,10-8-,11-9-,17-14+;7-6-,10-9-,13-12-,16-15-;4-3-,7-6-,10-9-,13-12-,16-15-;4-3-,7-6-,10-9-. The van der Waals surface area contributed by atoms with Gasteiger partial charge in [-0.25, -0.2) is 4.89 Å². The first-order chi connectivity index (χ1) is 66.6. The van der Waals surface area contributed by atoms with Crippen molar-refractivity contribution < 1.29 is 69.6 Å². The number of hydrogen-bond acceptors (Lipinski definition) is 8. The lowest BCUT2D eigenvalue weighted by Crippen LogP contribution is -2.06. The lowest BCUT2D eigenvalue weighted by Gasteiger charge is -2.07. The molecule has 0 aromatic rings. The Hall–Kier alpha value is -10.0. The highest BCUT2D eigenvalue weighted by Gasteiger charge is 2.04. The van der Waals surface area contributed by atoms with Crippen LogP contribution in [0.5, 0.6) is 0 Å². The Kier molecular flexibility index (Phi) is 132. The topological polar surface area (TPSA) is 253 Å². The second-order valence-electron chi connectivity index (χ2n) is 32.5. The molecule has 0 aromatic carbocycles. The zero-order chi connectivity index (χ0) is 101. The summed E-state index contributed by atoms with van der Waals surface area (Å²) in [6.45, 7) is 12.9. The predicted octanol–water partition coefficient (Wildman–Crippen LogP) is 37.1. The van der Waals surface area contributed by atoms with Crippen LogP contribution in [0.2, 0.25) is 0 Å². The van der Waals surface area contributed by atoms with Crippen LogP contribution >= 0.6 is 0 Å². The highest BCUT2D eigenvalue weighted by atomic mass is 17.1. The molecule has 0 radical (unpaired) electrons. The van der Waals surface area contributed by atoms with E-state index in [4.69, 9.17) is 35.9 Å². The summed E-state index contributed by atoms with van der Waals surface area (Å²) >= 11 is 0. The van der Waals surface area contributed by atoms with Crippen molar-refractivity contribution in [2.24, 2.45) is 0 Å². The molecule has 0 fully saturated rings.